The van der Waals surface area contributed by atoms with Gasteiger partial charge in [-0.3, -0.25) is 4.84 Å². The number of benzene rings is 1. The van der Waals surface area contributed by atoms with Crippen molar-refractivity contribution >= 4 is 0 Å². The second-order valence-electron chi connectivity index (χ2n) is 5.42. The van der Waals surface area contributed by atoms with E-state index < -0.39 is 6.10 Å². The first kappa shape index (κ1) is 14.0. The number of ether oxygens (including phenoxy) is 2. The molecule has 0 saturated carbocycles. The molecule has 5 heteroatoms. The molecule has 2 fully saturated rings. The summed E-state index contributed by atoms with van der Waals surface area (Å²) >= 11 is 0. The highest BCUT2D eigenvalue weighted by Crippen LogP contribution is 2.36. The fourth-order valence-corrected chi connectivity index (χ4v) is 2.92. The van der Waals surface area contributed by atoms with Crippen LogP contribution in [0.2, 0.25) is 0 Å². The summed E-state index contributed by atoms with van der Waals surface area (Å²) in [4.78, 5) is 5.90. The molecule has 20 heavy (non-hydrogen) atoms. The summed E-state index contributed by atoms with van der Waals surface area (Å²) in [5.41, 5.74) is 1.15. The summed E-state index contributed by atoms with van der Waals surface area (Å²) in [6.45, 7) is 2.16. The molecule has 1 aromatic rings. The monoisotopic (exact) mass is 279 g/mol. The van der Waals surface area contributed by atoms with E-state index in [2.05, 4.69) is 12.1 Å². The van der Waals surface area contributed by atoms with Crippen molar-refractivity contribution in [3.8, 4) is 0 Å². The van der Waals surface area contributed by atoms with Crippen molar-refractivity contribution in [1.29, 1.82) is 0 Å². The largest absolute Gasteiger partial charge is 0.388 e. The van der Waals surface area contributed by atoms with Gasteiger partial charge < -0.3 is 14.6 Å². The van der Waals surface area contributed by atoms with Gasteiger partial charge in [-0.15, -0.1) is 0 Å². The lowest BCUT2D eigenvalue weighted by atomic mass is 9.97. The number of hydroxylamine groups is 2. The van der Waals surface area contributed by atoms with Gasteiger partial charge in [0.15, 0.2) is 6.29 Å². The highest BCUT2D eigenvalue weighted by molar-refractivity contribution is 5.18. The number of aliphatic hydroxyl groups excluding tert-OH is 1. The Morgan fingerprint density at radius 2 is 2.00 bits per heavy atom. The SMILES string of the molecule is C[C@@H]1OC[C@@H](O)[C@H]([C@@H]2C[C@H](c3ccccc3)ON2C)O1. The van der Waals surface area contributed by atoms with Gasteiger partial charge >= 0.3 is 0 Å². The molecule has 2 aliphatic rings. The van der Waals surface area contributed by atoms with Gasteiger partial charge in [-0.25, -0.2) is 0 Å². The van der Waals surface area contributed by atoms with Crippen LogP contribution in [0.4, 0.5) is 0 Å². The van der Waals surface area contributed by atoms with E-state index in [4.69, 9.17) is 14.3 Å². The van der Waals surface area contributed by atoms with Crippen molar-refractivity contribution in [3.63, 3.8) is 0 Å². The fourth-order valence-electron chi connectivity index (χ4n) is 2.92. The molecule has 0 aliphatic carbocycles. The van der Waals surface area contributed by atoms with Crippen LogP contribution in [-0.4, -0.2) is 48.4 Å². The van der Waals surface area contributed by atoms with Crippen LogP contribution in [0.5, 0.6) is 0 Å². The second-order valence-corrected chi connectivity index (χ2v) is 5.42. The van der Waals surface area contributed by atoms with Crippen LogP contribution in [-0.2, 0) is 14.3 Å². The average molecular weight is 279 g/mol. The molecule has 0 amide bonds. The van der Waals surface area contributed by atoms with E-state index >= 15 is 0 Å². The maximum absolute atomic E-state index is 10.1. The molecule has 0 bridgehead atoms. The Labute approximate surface area is 119 Å². The zero-order valence-electron chi connectivity index (χ0n) is 11.8. The number of nitrogens with zero attached hydrogens (tertiary/aromatic N) is 1. The molecule has 5 atom stereocenters. The number of hydrogen-bond donors (Lipinski definition) is 1. The lowest BCUT2D eigenvalue weighted by Gasteiger charge is -2.37. The Bertz CT molecular complexity index is 441. The first-order chi connectivity index (χ1) is 9.65. The summed E-state index contributed by atoms with van der Waals surface area (Å²) in [5, 5.41) is 11.9. The van der Waals surface area contributed by atoms with Crippen molar-refractivity contribution in [2.75, 3.05) is 13.7 Å². The van der Waals surface area contributed by atoms with Gasteiger partial charge in [-0.1, -0.05) is 30.3 Å². The molecule has 0 unspecified atom stereocenters. The molecule has 0 radical (unpaired) electrons. The van der Waals surface area contributed by atoms with E-state index in [0.717, 1.165) is 12.0 Å². The highest BCUT2D eigenvalue weighted by atomic mass is 16.7. The minimum absolute atomic E-state index is 0.0140. The molecule has 110 valence electrons. The molecule has 5 nitrogen and oxygen atoms in total. The van der Waals surface area contributed by atoms with Crippen LogP contribution in [0.15, 0.2) is 30.3 Å². The van der Waals surface area contributed by atoms with Crippen molar-refractivity contribution < 1.29 is 19.4 Å². The lowest BCUT2D eigenvalue weighted by molar-refractivity contribution is -0.269. The summed E-state index contributed by atoms with van der Waals surface area (Å²) in [6.07, 6.45) is -0.364. The van der Waals surface area contributed by atoms with E-state index in [0.29, 0.717) is 6.61 Å². The van der Waals surface area contributed by atoms with Gasteiger partial charge in [0.05, 0.1) is 12.6 Å². The van der Waals surface area contributed by atoms with Gasteiger partial charge in [-0.2, -0.15) is 5.06 Å². The first-order valence-corrected chi connectivity index (χ1v) is 7.05. The van der Waals surface area contributed by atoms with Crippen molar-refractivity contribution in [2.24, 2.45) is 0 Å². The predicted molar refractivity (Wildman–Crippen MR) is 72.7 cm³/mol. The predicted octanol–water partition coefficient (Wildman–Crippen LogP) is 1.49. The Hall–Kier alpha value is -0.980. The van der Waals surface area contributed by atoms with Crippen LogP contribution in [0.3, 0.4) is 0 Å². The number of likely N-dealkylation sites (N-methyl/N-ethyl adjacent to an activating group) is 1. The third-order valence-electron chi connectivity index (χ3n) is 4.00. The van der Waals surface area contributed by atoms with E-state index in [-0.39, 0.29) is 24.5 Å². The Balaban J connectivity index is 1.72. The van der Waals surface area contributed by atoms with Crippen LogP contribution < -0.4 is 0 Å². The zero-order chi connectivity index (χ0) is 14.1. The molecule has 1 N–H and O–H groups in total. The van der Waals surface area contributed by atoms with Crippen LogP contribution in [0.25, 0.3) is 0 Å². The Kier molecular flexibility index (Phi) is 4.05. The molecule has 1 aromatic carbocycles. The number of hydrogen-bond acceptors (Lipinski definition) is 5. The molecule has 2 heterocycles. The van der Waals surface area contributed by atoms with Crippen LogP contribution >= 0.6 is 0 Å². The fraction of sp³-hybridized carbons (Fsp3) is 0.600. The van der Waals surface area contributed by atoms with Gasteiger partial charge in [0.25, 0.3) is 0 Å². The zero-order valence-corrected chi connectivity index (χ0v) is 11.8. The standard InChI is InChI=1S/C15H21NO4/c1-10-18-9-13(17)15(19-10)12-8-14(20-16(12)2)11-6-4-3-5-7-11/h3-7,10,12-15,17H,8-9H2,1-2H3/t10-,12+,13-,14-,15+/m1/s1. The Morgan fingerprint density at radius 3 is 2.75 bits per heavy atom. The molecule has 0 aromatic heterocycles. The van der Waals surface area contributed by atoms with Crippen molar-refractivity contribution in [2.45, 2.75) is 44.0 Å². The van der Waals surface area contributed by atoms with E-state index in [1.165, 1.54) is 0 Å². The maximum atomic E-state index is 10.1. The van der Waals surface area contributed by atoms with E-state index in [9.17, 15) is 5.11 Å². The van der Waals surface area contributed by atoms with E-state index in [1.807, 2.05) is 37.2 Å². The van der Waals surface area contributed by atoms with E-state index in [1.54, 1.807) is 0 Å². The smallest absolute Gasteiger partial charge is 0.155 e. The Morgan fingerprint density at radius 1 is 1.25 bits per heavy atom. The van der Waals surface area contributed by atoms with Gasteiger partial charge in [0, 0.05) is 13.5 Å². The summed E-state index contributed by atoms with van der Waals surface area (Å²) in [5.74, 6) is 0. The second kappa shape index (κ2) is 5.79. The van der Waals surface area contributed by atoms with Crippen LogP contribution in [0.1, 0.15) is 25.0 Å². The minimum Gasteiger partial charge on any atom is -0.388 e. The molecule has 2 saturated heterocycles. The van der Waals surface area contributed by atoms with Gasteiger partial charge in [0.1, 0.15) is 18.3 Å². The summed E-state index contributed by atoms with van der Waals surface area (Å²) in [7, 11) is 1.89. The number of rotatable bonds is 2. The third kappa shape index (κ3) is 2.73. The summed E-state index contributed by atoms with van der Waals surface area (Å²) < 4.78 is 11.0. The molecule has 3 rings (SSSR count). The molecule has 2 aliphatic heterocycles. The number of aliphatic hydroxyl groups is 1. The normalized spacial score (nSPS) is 39.0. The van der Waals surface area contributed by atoms with Crippen molar-refractivity contribution in [1.82, 2.24) is 5.06 Å². The van der Waals surface area contributed by atoms with Crippen molar-refractivity contribution in [3.05, 3.63) is 35.9 Å². The maximum Gasteiger partial charge on any atom is 0.155 e. The third-order valence-corrected chi connectivity index (χ3v) is 4.00. The molecular weight excluding hydrogens is 258 g/mol. The molecule has 0 spiro atoms. The molecular formula is C15H21NO4. The average Bonchev–Trinajstić information content (AvgIpc) is 2.84. The minimum atomic E-state index is -0.614. The van der Waals surface area contributed by atoms with Gasteiger partial charge in [0.2, 0.25) is 0 Å². The quantitative estimate of drug-likeness (QED) is 0.889. The summed E-state index contributed by atoms with van der Waals surface area (Å²) in [6, 6.07) is 10.2. The highest BCUT2D eigenvalue weighted by Gasteiger charge is 2.43. The topological polar surface area (TPSA) is 51.2 Å². The lowest BCUT2D eigenvalue weighted by Crippen LogP contribution is -2.52. The van der Waals surface area contributed by atoms with Crippen LogP contribution in [0, 0.1) is 0 Å². The first-order valence-electron chi connectivity index (χ1n) is 7.05. The van der Waals surface area contributed by atoms with Gasteiger partial charge in [-0.05, 0) is 12.5 Å².